The van der Waals surface area contributed by atoms with E-state index in [0.29, 0.717) is 61.9 Å². The van der Waals surface area contributed by atoms with E-state index in [0.717, 1.165) is 66.2 Å². The second-order valence-electron chi connectivity index (χ2n) is 10.1. The van der Waals surface area contributed by atoms with Gasteiger partial charge in [-0.3, -0.25) is 0 Å². The van der Waals surface area contributed by atoms with Crippen molar-refractivity contribution in [3.8, 4) is 23.0 Å². The van der Waals surface area contributed by atoms with Gasteiger partial charge in [-0.25, -0.2) is 13.2 Å². The lowest BCUT2D eigenvalue weighted by atomic mass is 10.1. The standard InChI is InChI=1S/C21H22F2N2O2.C11H12ClFO2/c22-16-3-4-19-18(11-16)15(13-25-19)5-6-24-7-9-26-20-12-17(23)10-14-2-1-8-27-21(14)20;12-3-5-14-10-7-9(13)6-8-2-1-4-15-11(8)10/h3-4,10-13,24-25H,1-2,5-9H2;6-7H,1-5H2. The third-order valence-electron chi connectivity index (χ3n) is 7.04. The number of aromatic nitrogens is 1. The maximum absolute atomic E-state index is 13.7. The Labute approximate surface area is 248 Å². The average molecular weight is 603 g/mol. The van der Waals surface area contributed by atoms with E-state index in [1.54, 1.807) is 12.1 Å². The number of nitrogens with one attached hydrogen (secondary N) is 2. The molecule has 6 nitrogen and oxygen atoms in total. The van der Waals surface area contributed by atoms with Crippen LogP contribution in [0.3, 0.4) is 0 Å². The summed E-state index contributed by atoms with van der Waals surface area (Å²) in [6.45, 7) is 3.45. The summed E-state index contributed by atoms with van der Waals surface area (Å²) in [5.41, 5.74) is 3.76. The molecule has 2 N–H and O–H groups in total. The fourth-order valence-electron chi connectivity index (χ4n) is 5.12. The van der Waals surface area contributed by atoms with E-state index in [1.165, 1.54) is 30.3 Å². The van der Waals surface area contributed by atoms with Gasteiger partial charge in [-0.2, -0.15) is 0 Å². The summed E-state index contributed by atoms with van der Waals surface area (Å²) in [7, 11) is 0. The van der Waals surface area contributed by atoms with Crippen LogP contribution in [-0.2, 0) is 19.3 Å². The zero-order chi connectivity index (χ0) is 29.3. The van der Waals surface area contributed by atoms with Crippen LogP contribution in [0, 0.1) is 17.5 Å². The molecule has 0 fully saturated rings. The second kappa shape index (κ2) is 14.6. The molecule has 2 aliphatic heterocycles. The van der Waals surface area contributed by atoms with Crippen LogP contribution in [0.4, 0.5) is 13.2 Å². The molecule has 0 bridgehead atoms. The highest BCUT2D eigenvalue weighted by molar-refractivity contribution is 6.18. The molecule has 2 aliphatic rings. The Morgan fingerprint density at radius 3 is 2.07 bits per heavy atom. The topological polar surface area (TPSA) is 64.7 Å². The number of hydrogen-bond donors (Lipinski definition) is 2. The fraction of sp³-hybridized carbons (Fsp3) is 0.375. The molecular formula is C32H34ClF3N2O4. The van der Waals surface area contributed by atoms with Crippen LogP contribution in [-0.4, -0.2) is 50.4 Å². The van der Waals surface area contributed by atoms with E-state index in [-0.39, 0.29) is 17.5 Å². The van der Waals surface area contributed by atoms with Crippen molar-refractivity contribution in [2.75, 3.05) is 45.4 Å². The van der Waals surface area contributed by atoms with Crippen LogP contribution in [0.25, 0.3) is 10.9 Å². The smallest absolute Gasteiger partial charge is 0.164 e. The van der Waals surface area contributed by atoms with Crippen molar-refractivity contribution in [1.29, 1.82) is 0 Å². The Morgan fingerprint density at radius 2 is 1.43 bits per heavy atom. The molecule has 0 amide bonds. The van der Waals surface area contributed by atoms with Gasteiger partial charge in [0.2, 0.25) is 0 Å². The molecule has 0 unspecified atom stereocenters. The molecule has 1 aromatic heterocycles. The molecule has 6 rings (SSSR count). The second-order valence-corrected chi connectivity index (χ2v) is 10.5. The van der Waals surface area contributed by atoms with Crippen molar-refractivity contribution in [2.24, 2.45) is 0 Å². The highest BCUT2D eigenvalue weighted by atomic mass is 35.5. The number of aryl methyl sites for hydroxylation is 2. The zero-order valence-corrected chi connectivity index (χ0v) is 24.0. The third-order valence-corrected chi connectivity index (χ3v) is 7.19. The van der Waals surface area contributed by atoms with E-state index in [4.69, 9.17) is 30.5 Å². The highest BCUT2D eigenvalue weighted by Gasteiger charge is 2.18. The SMILES string of the molecule is Fc1cc2c(c(OCCCl)c1)OCCC2.Fc1cc2c(c(OCCNCCc3c[nH]c4ccc(F)cc34)c1)OCCC2. The Bertz CT molecular complexity index is 1500. The predicted molar refractivity (Wildman–Crippen MR) is 157 cm³/mol. The quantitative estimate of drug-likeness (QED) is 0.155. The molecule has 0 radical (unpaired) electrons. The molecule has 10 heteroatoms. The number of rotatable bonds is 10. The molecule has 3 aromatic carbocycles. The lowest BCUT2D eigenvalue weighted by Crippen LogP contribution is -2.23. The van der Waals surface area contributed by atoms with Gasteiger partial charge in [-0.15, -0.1) is 11.6 Å². The van der Waals surface area contributed by atoms with Crippen LogP contribution < -0.4 is 24.3 Å². The monoisotopic (exact) mass is 602 g/mol. The molecule has 0 spiro atoms. The average Bonchev–Trinajstić information content (AvgIpc) is 3.39. The van der Waals surface area contributed by atoms with E-state index in [2.05, 4.69) is 10.3 Å². The van der Waals surface area contributed by atoms with E-state index < -0.39 is 0 Å². The van der Waals surface area contributed by atoms with Crippen molar-refractivity contribution in [3.05, 3.63) is 82.8 Å². The molecule has 0 saturated heterocycles. The highest BCUT2D eigenvalue weighted by Crippen LogP contribution is 2.37. The summed E-state index contributed by atoms with van der Waals surface area (Å²) < 4.78 is 62.5. The predicted octanol–water partition coefficient (Wildman–Crippen LogP) is 6.75. The number of benzene rings is 3. The van der Waals surface area contributed by atoms with Crippen LogP contribution in [0.2, 0.25) is 0 Å². The number of halogens is 4. The van der Waals surface area contributed by atoms with Crippen molar-refractivity contribution in [3.63, 3.8) is 0 Å². The Balaban J connectivity index is 0.000000199. The number of fused-ring (bicyclic) bond motifs is 3. The summed E-state index contributed by atoms with van der Waals surface area (Å²) in [4.78, 5) is 3.15. The number of ether oxygens (including phenoxy) is 4. The molecule has 0 saturated carbocycles. The Kier molecular flexibility index (Phi) is 10.4. The minimum Gasteiger partial charge on any atom is -0.489 e. The maximum Gasteiger partial charge on any atom is 0.164 e. The molecular weight excluding hydrogens is 569 g/mol. The van der Waals surface area contributed by atoms with Crippen LogP contribution in [0.1, 0.15) is 29.5 Å². The molecule has 0 aliphatic carbocycles. The van der Waals surface area contributed by atoms with E-state index in [1.807, 2.05) is 6.20 Å². The van der Waals surface area contributed by atoms with Gasteiger partial charge in [-0.05, 0) is 74.5 Å². The first-order valence-corrected chi connectivity index (χ1v) is 14.7. The third kappa shape index (κ3) is 7.63. The van der Waals surface area contributed by atoms with Gasteiger partial charge >= 0.3 is 0 Å². The lowest BCUT2D eigenvalue weighted by molar-refractivity contribution is 0.249. The van der Waals surface area contributed by atoms with Gasteiger partial charge in [0.25, 0.3) is 0 Å². The van der Waals surface area contributed by atoms with E-state index >= 15 is 0 Å². The largest absolute Gasteiger partial charge is 0.489 e. The van der Waals surface area contributed by atoms with Crippen molar-refractivity contribution in [2.45, 2.75) is 32.1 Å². The van der Waals surface area contributed by atoms with Crippen molar-refractivity contribution in [1.82, 2.24) is 10.3 Å². The number of hydrogen-bond acceptors (Lipinski definition) is 5. The summed E-state index contributed by atoms with van der Waals surface area (Å²) >= 11 is 5.51. The van der Waals surface area contributed by atoms with Crippen molar-refractivity contribution < 1.29 is 32.1 Å². The normalized spacial score (nSPS) is 13.7. The summed E-state index contributed by atoms with van der Waals surface area (Å²) in [6, 6.07) is 10.5. The van der Waals surface area contributed by atoms with Gasteiger partial charge < -0.3 is 29.2 Å². The maximum atomic E-state index is 13.7. The Morgan fingerprint density at radius 1 is 0.786 bits per heavy atom. The molecule has 42 heavy (non-hydrogen) atoms. The first-order chi connectivity index (χ1) is 20.5. The van der Waals surface area contributed by atoms with Crippen LogP contribution in [0.15, 0.2) is 48.7 Å². The summed E-state index contributed by atoms with van der Waals surface area (Å²) in [6.07, 6.45) is 6.17. The van der Waals surface area contributed by atoms with Gasteiger partial charge in [-0.1, -0.05) is 0 Å². The van der Waals surface area contributed by atoms with Gasteiger partial charge in [0.15, 0.2) is 23.0 Å². The van der Waals surface area contributed by atoms with Gasteiger partial charge in [0.05, 0.1) is 19.1 Å². The van der Waals surface area contributed by atoms with Crippen LogP contribution >= 0.6 is 11.6 Å². The summed E-state index contributed by atoms with van der Waals surface area (Å²) in [5.74, 6) is 1.84. The minimum absolute atomic E-state index is 0.231. The first kappa shape index (κ1) is 29.9. The minimum atomic E-state index is -0.297. The van der Waals surface area contributed by atoms with Gasteiger partial charge in [0.1, 0.15) is 30.7 Å². The first-order valence-electron chi connectivity index (χ1n) is 14.2. The fourth-order valence-corrected chi connectivity index (χ4v) is 5.20. The molecule has 3 heterocycles. The van der Waals surface area contributed by atoms with Crippen molar-refractivity contribution >= 4 is 22.5 Å². The van der Waals surface area contributed by atoms with Crippen LogP contribution in [0.5, 0.6) is 23.0 Å². The Hall–Kier alpha value is -3.56. The molecule has 4 aromatic rings. The summed E-state index contributed by atoms with van der Waals surface area (Å²) in [5, 5.41) is 4.21. The van der Waals surface area contributed by atoms with Gasteiger partial charge in [0, 0.05) is 46.9 Å². The number of H-pyrrole nitrogens is 1. The zero-order valence-electron chi connectivity index (χ0n) is 23.2. The number of alkyl halides is 1. The molecule has 224 valence electrons. The number of aromatic amines is 1. The molecule has 0 atom stereocenters. The van der Waals surface area contributed by atoms with E-state index in [9.17, 15) is 13.2 Å². The lowest BCUT2D eigenvalue weighted by Gasteiger charge is -2.20.